The van der Waals surface area contributed by atoms with E-state index in [1.807, 2.05) is 11.6 Å². The second-order valence-electron chi connectivity index (χ2n) is 3.68. The quantitative estimate of drug-likeness (QED) is 0.741. The highest BCUT2D eigenvalue weighted by molar-refractivity contribution is 7.99. The molecule has 1 aromatic rings. The van der Waals surface area contributed by atoms with Gasteiger partial charge >= 0.3 is 5.97 Å². The number of nitrogens with zero attached hydrogens (tertiary/aromatic N) is 3. The highest BCUT2D eigenvalue weighted by atomic mass is 32.2. The molecule has 1 aromatic heterocycles. The SMILES string of the molecule is COC(=O)[C@@H]1C[C@H](Sc2nncn2C)CN1. The Morgan fingerprint density at radius 3 is 3.19 bits per heavy atom. The summed E-state index contributed by atoms with van der Waals surface area (Å²) < 4.78 is 6.57. The van der Waals surface area contributed by atoms with Crippen molar-refractivity contribution in [3.8, 4) is 0 Å². The molecule has 7 heteroatoms. The third-order valence-corrected chi connectivity index (χ3v) is 3.79. The van der Waals surface area contributed by atoms with Crippen molar-refractivity contribution >= 4 is 17.7 Å². The zero-order chi connectivity index (χ0) is 11.5. The average Bonchev–Trinajstić information content (AvgIpc) is 2.89. The topological polar surface area (TPSA) is 69.0 Å². The normalized spacial score (nSPS) is 24.6. The fourth-order valence-corrected chi connectivity index (χ4v) is 2.72. The van der Waals surface area contributed by atoms with E-state index in [0.717, 1.165) is 18.1 Å². The number of esters is 1. The van der Waals surface area contributed by atoms with E-state index in [4.69, 9.17) is 4.74 Å². The summed E-state index contributed by atoms with van der Waals surface area (Å²) in [5, 5.41) is 12.2. The van der Waals surface area contributed by atoms with Gasteiger partial charge in [0.1, 0.15) is 12.4 Å². The first-order valence-electron chi connectivity index (χ1n) is 5.02. The van der Waals surface area contributed by atoms with Crippen molar-refractivity contribution in [2.24, 2.45) is 7.05 Å². The van der Waals surface area contributed by atoms with Crippen LogP contribution < -0.4 is 5.32 Å². The van der Waals surface area contributed by atoms with Gasteiger partial charge in [0, 0.05) is 18.8 Å². The summed E-state index contributed by atoms with van der Waals surface area (Å²) >= 11 is 1.64. The van der Waals surface area contributed by atoms with Crippen LogP contribution in [0, 0.1) is 0 Å². The van der Waals surface area contributed by atoms with E-state index in [1.165, 1.54) is 7.11 Å². The molecule has 0 radical (unpaired) electrons. The fraction of sp³-hybridized carbons (Fsp3) is 0.667. The van der Waals surface area contributed by atoms with Gasteiger partial charge in [0.15, 0.2) is 5.16 Å². The van der Waals surface area contributed by atoms with Gasteiger partial charge in [-0.3, -0.25) is 4.79 Å². The minimum Gasteiger partial charge on any atom is -0.468 e. The molecule has 0 amide bonds. The monoisotopic (exact) mass is 242 g/mol. The molecule has 0 saturated carbocycles. The predicted octanol–water partition coefficient (Wildman–Crippen LogP) is -0.189. The Bertz CT molecular complexity index is 381. The highest BCUT2D eigenvalue weighted by Gasteiger charge is 2.31. The molecule has 1 fully saturated rings. The maximum absolute atomic E-state index is 11.3. The van der Waals surface area contributed by atoms with Gasteiger partial charge in [-0.05, 0) is 6.42 Å². The van der Waals surface area contributed by atoms with Crippen molar-refractivity contribution in [2.45, 2.75) is 22.9 Å². The first kappa shape index (κ1) is 11.4. The lowest BCUT2D eigenvalue weighted by molar-refractivity contribution is -0.142. The largest absolute Gasteiger partial charge is 0.468 e. The van der Waals surface area contributed by atoms with E-state index in [-0.39, 0.29) is 12.0 Å². The molecule has 0 bridgehead atoms. The van der Waals surface area contributed by atoms with Crippen molar-refractivity contribution in [2.75, 3.05) is 13.7 Å². The summed E-state index contributed by atoms with van der Waals surface area (Å²) in [4.78, 5) is 11.3. The number of nitrogens with one attached hydrogen (secondary N) is 1. The number of methoxy groups -OCH3 is 1. The maximum atomic E-state index is 11.3. The first-order valence-corrected chi connectivity index (χ1v) is 5.90. The number of ether oxygens (including phenoxy) is 1. The molecular formula is C9H14N4O2S. The minimum absolute atomic E-state index is 0.185. The van der Waals surface area contributed by atoms with Gasteiger partial charge in [0.05, 0.1) is 7.11 Å². The Morgan fingerprint density at radius 1 is 1.75 bits per heavy atom. The third kappa shape index (κ3) is 2.35. The fourth-order valence-electron chi connectivity index (χ4n) is 1.64. The Kier molecular flexibility index (Phi) is 3.45. The van der Waals surface area contributed by atoms with Gasteiger partial charge in [-0.1, -0.05) is 11.8 Å². The smallest absolute Gasteiger partial charge is 0.322 e. The van der Waals surface area contributed by atoms with Crippen LogP contribution in [0.25, 0.3) is 0 Å². The van der Waals surface area contributed by atoms with E-state index < -0.39 is 0 Å². The Balaban J connectivity index is 1.90. The molecule has 0 aromatic carbocycles. The Labute approximate surface area is 97.8 Å². The number of hydrogen-bond acceptors (Lipinski definition) is 6. The van der Waals surface area contributed by atoms with Crippen LogP contribution in [-0.4, -0.2) is 45.7 Å². The van der Waals surface area contributed by atoms with Crippen molar-refractivity contribution in [1.82, 2.24) is 20.1 Å². The number of aromatic nitrogens is 3. The van der Waals surface area contributed by atoms with Gasteiger partial charge in [0.2, 0.25) is 0 Å². The van der Waals surface area contributed by atoms with Crippen molar-refractivity contribution < 1.29 is 9.53 Å². The molecule has 6 nitrogen and oxygen atoms in total. The van der Waals surface area contributed by atoms with Crippen LogP contribution in [-0.2, 0) is 16.6 Å². The summed E-state index contributed by atoms with van der Waals surface area (Å²) in [5.74, 6) is -0.193. The number of carbonyl (C=O) groups excluding carboxylic acids is 1. The molecule has 0 unspecified atom stereocenters. The van der Waals surface area contributed by atoms with Crippen LogP contribution in [0.15, 0.2) is 11.5 Å². The molecule has 2 heterocycles. The summed E-state index contributed by atoms with van der Waals surface area (Å²) in [6, 6.07) is -0.185. The summed E-state index contributed by atoms with van der Waals surface area (Å²) in [6.07, 6.45) is 2.44. The highest BCUT2D eigenvalue weighted by Crippen LogP contribution is 2.27. The molecule has 0 aliphatic carbocycles. The van der Waals surface area contributed by atoms with Crippen LogP contribution in [0.4, 0.5) is 0 Å². The van der Waals surface area contributed by atoms with E-state index >= 15 is 0 Å². The lowest BCUT2D eigenvalue weighted by Crippen LogP contribution is -2.31. The van der Waals surface area contributed by atoms with Gasteiger partial charge in [0.25, 0.3) is 0 Å². The third-order valence-electron chi connectivity index (χ3n) is 2.52. The standard InChI is InChI=1S/C9H14N4O2S/c1-13-5-11-12-9(13)16-6-3-7(10-4-6)8(14)15-2/h5-7,10H,3-4H2,1-2H3/t6-,7-/m0/s1. The van der Waals surface area contributed by atoms with Crippen LogP contribution >= 0.6 is 11.8 Å². The average molecular weight is 242 g/mol. The zero-order valence-electron chi connectivity index (χ0n) is 9.21. The van der Waals surface area contributed by atoms with E-state index in [9.17, 15) is 4.79 Å². The number of rotatable bonds is 3. The van der Waals surface area contributed by atoms with Crippen molar-refractivity contribution in [3.63, 3.8) is 0 Å². The zero-order valence-corrected chi connectivity index (χ0v) is 10.0. The molecule has 88 valence electrons. The van der Waals surface area contributed by atoms with E-state index in [1.54, 1.807) is 18.1 Å². The predicted molar refractivity (Wildman–Crippen MR) is 59.1 cm³/mol. The molecule has 1 aliphatic rings. The lowest BCUT2D eigenvalue weighted by atomic mass is 10.2. The molecule has 16 heavy (non-hydrogen) atoms. The number of aryl methyl sites for hydroxylation is 1. The Morgan fingerprint density at radius 2 is 2.56 bits per heavy atom. The van der Waals surface area contributed by atoms with Crippen molar-refractivity contribution in [1.29, 1.82) is 0 Å². The number of hydrogen-bond donors (Lipinski definition) is 1. The minimum atomic E-state index is -0.193. The van der Waals surface area contributed by atoms with E-state index in [0.29, 0.717) is 5.25 Å². The molecule has 1 saturated heterocycles. The first-order chi connectivity index (χ1) is 7.70. The molecule has 1 aliphatic heterocycles. The molecule has 0 spiro atoms. The second kappa shape index (κ2) is 4.84. The van der Waals surface area contributed by atoms with Crippen LogP contribution in [0.2, 0.25) is 0 Å². The summed E-state index contributed by atoms with van der Waals surface area (Å²) in [5.41, 5.74) is 0. The Hall–Kier alpha value is -1.08. The number of carbonyl (C=O) groups is 1. The summed E-state index contributed by atoms with van der Waals surface area (Å²) in [6.45, 7) is 0.789. The second-order valence-corrected chi connectivity index (χ2v) is 4.95. The van der Waals surface area contributed by atoms with Crippen LogP contribution in [0.3, 0.4) is 0 Å². The van der Waals surface area contributed by atoms with E-state index in [2.05, 4.69) is 15.5 Å². The molecule has 2 atom stereocenters. The molecule has 1 N–H and O–H groups in total. The van der Waals surface area contributed by atoms with Crippen LogP contribution in [0.1, 0.15) is 6.42 Å². The van der Waals surface area contributed by atoms with Crippen molar-refractivity contribution in [3.05, 3.63) is 6.33 Å². The van der Waals surface area contributed by atoms with Gasteiger partial charge in [-0.2, -0.15) is 0 Å². The number of thioether (sulfide) groups is 1. The molecular weight excluding hydrogens is 228 g/mol. The maximum Gasteiger partial charge on any atom is 0.322 e. The summed E-state index contributed by atoms with van der Waals surface area (Å²) in [7, 11) is 3.32. The van der Waals surface area contributed by atoms with Gasteiger partial charge < -0.3 is 14.6 Å². The molecule has 2 rings (SSSR count). The van der Waals surface area contributed by atoms with Crippen LogP contribution in [0.5, 0.6) is 0 Å². The van der Waals surface area contributed by atoms with Gasteiger partial charge in [-0.25, -0.2) is 0 Å². The van der Waals surface area contributed by atoms with Gasteiger partial charge in [-0.15, -0.1) is 10.2 Å². The lowest BCUT2D eigenvalue weighted by Gasteiger charge is -2.07.